The Bertz CT molecular complexity index is 1250. The number of benzene rings is 1. The molecular weight excluding hydrogens is 430 g/mol. The van der Waals surface area contributed by atoms with Gasteiger partial charge in [-0.15, -0.1) is 15.0 Å². The summed E-state index contributed by atoms with van der Waals surface area (Å²) in [5, 5.41) is 17.7. The van der Waals surface area contributed by atoms with Crippen molar-refractivity contribution in [1.29, 1.82) is 0 Å². The van der Waals surface area contributed by atoms with E-state index in [-0.39, 0.29) is 0 Å². The first-order chi connectivity index (χ1) is 16.8. The van der Waals surface area contributed by atoms with Crippen molar-refractivity contribution in [3.05, 3.63) is 79.6 Å². The quantitative estimate of drug-likeness (QED) is 0.349. The van der Waals surface area contributed by atoms with E-state index >= 15 is 0 Å². The second-order valence-electron chi connectivity index (χ2n) is 7.31. The van der Waals surface area contributed by atoms with Crippen molar-refractivity contribution in [3.63, 3.8) is 0 Å². The fraction of sp³-hybridized carbons (Fsp3) is 0.174. The highest BCUT2D eigenvalue weighted by Crippen LogP contribution is 2.31. The first kappa shape index (κ1) is 21.2. The van der Waals surface area contributed by atoms with Gasteiger partial charge in [0.1, 0.15) is 12.0 Å². The minimum atomic E-state index is 0.336. The van der Waals surface area contributed by atoms with Gasteiger partial charge in [-0.25, -0.2) is 9.58 Å². The minimum absolute atomic E-state index is 0.336. The minimum Gasteiger partial charge on any atom is -0.372 e. The molecule has 0 aliphatic rings. The molecule has 5 aromatic rings. The van der Waals surface area contributed by atoms with Crippen LogP contribution < -0.4 is 9.80 Å². The molecule has 34 heavy (non-hydrogen) atoms. The first-order valence-corrected chi connectivity index (χ1v) is 10.9. The molecule has 170 valence electrons. The third-order valence-corrected chi connectivity index (χ3v) is 5.31. The van der Waals surface area contributed by atoms with Gasteiger partial charge < -0.3 is 4.90 Å². The van der Waals surface area contributed by atoms with Gasteiger partial charge in [-0.2, -0.15) is 4.98 Å². The Kier molecular flexibility index (Phi) is 5.89. The van der Waals surface area contributed by atoms with Crippen LogP contribution in [-0.4, -0.2) is 58.0 Å². The van der Waals surface area contributed by atoms with Gasteiger partial charge in [0, 0.05) is 31.2 Å². The van der Waals surface area contributed by atoms with Crippen LogP contribution in [0.5, 0.6) is 0 Å². The number of nitrogens with zero attached hydrogens (tertiary/aromatic N) is 11. The molecule has 11 heteroatoms. The highest BCUT2D eigenvalue weighted by Gasteiger charge is 2.22. The van der Waals surface area contributed by atoms with E-state index in [0.717, 1.165) is 30.2 Å². The molecule has 4 aromatic heterocycles. The van der Waals surface area contributed by atoms with Crippen LogP contribution >= 0.6 is 0 Å². The van der Waals surface area contributed by atoms with Gasteiger partial charge in [-0.1, -0.05) is 5.10 Å². The molecule has 1 aromatic carbocycles. The highest BCUT2D eigenvalue weighted by molar-refractivity contribution is 5.69. The van der Waals surface area contributed by atoms with Gasteiger partial charge in [-0.05, 0) is 67.6 Å². The molecule has 0 saturated carbocycles. The van der Waals surface area contributed by atoms with E-state index in [9.17, 15) is 0 Å². The Balaban J connectivity index is 1.55. The van der Waals surface area contributed by atoms with Gasteiger partial charge in [0.15, 0.2) is 0 Å². The van der Waals surface area contributed by atoms with Crippen LogP contribution in [0.15, 0.2) is 79.6 Å². The average molecular weight is 454 g/mol. The summed E-state index contributed by atoms with van der Waals surface area (Å²) in [6.07, 6.45) is 8.43. The van der Waals surface area contributed by atoms with Gasteiger partial charge in [0.2, 0.25) is 0 Å². The van der Waals surface area contributed by atoms with Crippen LogP contribution in [-0.2, 0) is 0 Å². The smallest absolute Gasteiger partial charge is 0.277 e. The van der Waals surface area contributed by atoms with Gasteiger partial charge >= 0.3 is 0 Å². The van der Waals surface area contributed by atoms with Crippen molar-refractivity contribution in [3.8, 4) is 11.4 Å². The van der Waals surface area contributed by atoms with E-state index in [4.69, 9.17) is 0 Å². The van der Waals surface area contributed by atoms with Gasteiger partial charge in [0.05, 0.1) is 23.8 Å². The van der Waals surface area contributed by atoms with Crippen molar-refractivity contribution in [2.24, 2.45) is 0 Å². The monoisotopic (exact) mass is 453 g/mol. The zero-order valence-corrected chi connectivity index (χ0v) is 18.8. The Hall–Kier alpha value is -4.67. The molecule has 0 amide bonds. The van der Waals surface area contributed by atoms with Crippen LogP contribution in [0, 0.1) is 0 Å². The summed E-state index contributed by atoms with van der Waals surface area (Å²) in [6, 6.07) is 15.6. The Morgan fingerprint density at radius 1 is 0.765 bits per heavy atom. The van der Waals surface area contributed by atoms with Crippen molar-refractivity contribution in [2.45, 2.75) is 13.8 Å². The second-order valence-corrected chi connectivity index (χ2v) is 7.31. The molecule has 0 bridgehead atoms. The SMILES string of the molecule is CCN(CC)c1ccc(N(c2ncn(-c3cccnc3)n2)c2nnn(-c3cccnc3)n2)cc1. The van der Waals surface area contributed by atoms with Crippen LogP contribution in [0.2, 0.25) is 0 Å². The lowest BCUT2D eigenvalue weighted by Gasteiger charge is -2.22. The van der Waals surface area contributed by atoms with Crippen LogP contribution in [0.4, 0.5) is 23.3 Å². The molecule has 0 aliphatic carbocycles. The summed E-state index contributed by atoms with van der Waals surface area (Å²) in [5.41, 5.74) is 3.44. The lowest BCUT2D eigenvalue weighted by atomic mass is 10.2. The Labute approximate surface area is 196 Å². The van der Waals surface area contributed by atoms with Crippen molar-refractivity contribution >= 4 is 23.3 Å². The first-order valence-electron chi connectivity index (χ1n) is 10.9. The van der Waals surface area contributed by atoms with E-state index in [1.165, 1.54) is 4.80 Å². The summed E-state index contributed by atoms with van der Waals surface area (Å²) in [6.45, 7) is 6.13. The maximum atomic E-state index is 4.66. The normalized spacial score (nSPS) is 10.9. The van der Waals surface area contributed by atoms with Crippen LogP contribution in [0.25, 0.3) is 11.4 Å². The maximum Gasteiger partial charge on any atom is 0.277 e. The molecule has 0 fully saturated rings. The number of aromatic nitrogens is 9. The molecule has 0 spiro atoms. The van der Waals surface area contributed by atoms with Crippen molar-refractivity contribution in [2.75, 3.05) is 22.9 Å². The summed E-state index contributed by atoms with van der Waals surface area (Å²) in [7, 11) is 0. The fourth-order valence-electron chi connectivity index (χ4n) is 3.57. The molecule has 11 nitrogen and oxygen atoms in total. The largest absolute Gasteiger partial charge is 0.372 e. The molecule has 0 atom stereocenters. The third kappa shape index (κ3) is 4.18. The maximum absolute atomic E-state index is 4.66. The summed E-state index contributed by atoms with van der Waals surface area (Å²) >= 11 is 0. The summed E-state index contributed by atoms with van der Waals surface area (Å²) in [5.74, 6) is 0.744. The summed E-state index contributed by atoms with van der Waals surface area (Å²) in [4.78, 5) is 18.3. The average Bonchev–Trinajstić information content (AvgIpc) is 3.58. The second kappa shape index (κ2) is 9.45. The summed E-state index contributed by atoms with van der Waals surface area (Å²) < 4.78 is 1.66. The fourth-order valence-corrected chi connectivity index (χ4v) is 3.57. The molecular formula is C23H23N11. The predicted molar refractivity (Wildman–Crippen MR) is 128 cm³/mol. The van der Waals surface area contributed by atoms with Gasteiger partial charge in [-0.3, -0.25) is 9.97 Å². The van der Waals surface area contributed by atoms with Crippen molar-refractivity contribution in [1.82, 2.24) is 44.9 Å². The van der Waals surface area contributed by atoms with E-state index in [1.807, 2.05) is 36.4 Å². The van der Waals surface area contributed by atoms with Gasteiger partial charge in [0.25, 0.3) is 11.9 Å². The topological polar surface area (TPSA) is 107 Å². The Morgan fingerprint density at radius 2 is 1.44 bits per heavy atom. The molecule has 0 radical (unpaired) electrons. The lowest BCUT2D eigenvalue weighted by Crippen LogP contribution is -2.21. The lowest BCUT2D eigenvalue weighted by molar-refractivity contribution is 0.716. The number of pyridine rings is 2. The van der Waals surface area contributed by atoms with Crippen LogP contribution in [0.3, 0.4) is 0 Å². The molecule has 0 aliphatic heterocycles. The molecule has 0 N–H and O–H groups in total. The molecule has 0 unspecified atom stereocenters. The van der Waals surface area contributed by atoms with Crippen LogP contribution in [0.1, 0.15) is 13.8 Å². The zero-order chi connectivity index (χ0) is 23.3. The van der Waals surface area contributed by atoms with Crippen molar-refractivity contribution < 1.29 is 0 Å². The zero-order valence-electron chi connectivity index (χ0n) is 18.8. The number of hydrogen-bond acceptors (Lipinski definition) is 9. The number of hydrogen-bond donors (Lipinski definition) is 0. The standard InChI is InChI=1S/C23H23N11/c1-3-31(4-2)18-9-11-19(12-10-18)33(22-26-17-32(28-22)20-7-5-13-24-15-20)23-27-30-34(29-23)21-8-6-14-25-16-21/h5-17H,3-4H2,1-2H3. The predicted octanol–water partition coefficient (Wildman–Crippen LogP) is 3.35. The number of tetrazole rings is 1. The van der Waals surface area contributed by atoms with E-state index < -0.39 is 0 Å². The molecule has 4 heterocycles. The molecule has 0 saturated heterocycles. The Morgan fingerprint density at radius 3 is 2.09 bits per heavy atom. The highest BCUT2D eigenvalue weighted by atomic mass is 15.6. The van der Waals surface area contributed by atoms with E-state index in [1.54, 1.807) is 40.7 Å². The number of anilines is 4. The number of rotatable bonds is 8. The van der Waals surface area contributed by atoms with E-state index in [2.05, 4.69) is 66.3 Å². The third-order valence-electron chi connectivity index (χ3n) is 5.31. The molecule has 5 rings (SSSR count). The van der Waals surface area contributed by atoms with E-state index in [0.29, 0.717) is 17.6 Å².